The van der Waals surface area contributed by atoms with Crippen LogP contribution in [0.3, 0.4) is 0 Å². The quantitative estimate of drug-likeness (QED) is 0.802. The molecule has 0 radical (unpaired) electrons. The number of nitrogens with two attached hydrogens (primary N) is 1. The van der Waals surface area contributed by atoms with Crippen molar-refractivity contribution in [2.45, 2.75) is 58.6 Å². The van der Waals surface area contributed by atoms with Gasteiger partial charge in [0.25, 0.3) is 0 Å². The first-order valence-corrected chi connectivity index (χ1v) is 7.62. The van der Waals surface area contributed by atoms with Gasteiger partial charge in [-0.05, 0) is 46.5 Å². The molecule has 2 N–H and O–H groups in total. The Balaban J connectivity index is 2.51. The molecule has 0 aliphatic carbocycles. The third kappa shape index (κ3) is 6.33. The lowest BCUT2D eigenvalue weighted by Crippen LogP contribution is -2.48. The SMILES string of the molecule is CCOC(=O)C[C@@H](N)[C@H]1CCCN(C(=O)OC(C)(C)C)C1. The van der Waals surface area contributed by atoms with Crippen molar-refractivity contribution in [3.05, 3.63) is 0 Å². The number of carbonyl (C=O) groups excluding carboxylic acids is 2. The van der Waals surface area contributed by atoms with E-state index in [2.05, 4.69) is 0 Å². The van der Waals surface area contributed by atoms with E-state index in [0.29, 0.717) is 19.7 Å². The van der Waals surface area contributed by atoms with Gasteiger partial charge in [-0.1, -0.05) is 0 Å². The van der Waals surface area contributed by atoms with Crippen molar-refractivity contribution in [3.8, 4) is 0 Å². The largest absolute Gasteiger partial charge is 0.466 e. The summed E-state index contributed by atoms with van der Waals surface area (Å²) in [5, 5.41) is 0. The summed E-state index contributed by atoms with van der Waals surface area (Å²) in [7, 11) is 0. The van der Waals surface area contributed by atoms with E-state index in [0.717, 1.165) is 12.8 Å². The molecule has 0 spiro atoms. The van der Waals surface area contributed by atoms with Gasteiger partial charge in [0.05, 0.1) is 13.0 Å². The number of esters is 1. The first-order valence-electron chi connectivity index (χ1n) is 7.62. The van der Waals surface area contributed by atoms with Crippen LogP contribution < -0.4 is 5.73 Å². The maximum absolute atomic E-state index is 12.1. The summed E-state index contributed by atoms with van der Waals surface area (Å²) < 4.78 is 10.3. The minimum Gasteiger partial charge on any atom is -0.466 e. The Bertz CT molecular complexity index is 365. The molecule has 1 rings (SSSR count). The van der Waals surface area contributed by atoms with Gasteiger partial charge in [0.1, 0.15) is 5.60 Å². The predicted octanol–water partition coefficient (Wildman–Crippen LogP) is 1.91. The zero-order valence-corrected chi connectivity index (χ0v) is 13.6. The normalized spacial score (nSPS) is 20.8. The fourth-order valence-corrected chi connectivity index (χ4v) is 2.43. The van der Waals surface area contributed by atoms with Gasteiger partial charge < -0.3 is 20.1 Å². The maximum atomic E-state index is 12.1. The molecule has 0 unspecified atom stereocenters. The van der Waals surface area contributed by atoms with Crippen LogP contribution in [-0.2, 0) is 14.3 Å². The zero-order chi connectivity index (χ0) is 16.0. The van der Waals surface area contributed by atoms with Crippen LogP contribution in [0, 0.1) is 5.92 Å². The second-order valence-electron chi connectivity index (χ2n) is 6.50. The fraction of sp³-hybridized carbons (Fsp3) is 0.867. The van der Waals surface area contributed by atoms with Crippen LogP contribution in [0.5, 0.6) is 0 Å². The van der Waals surface area contributed by atoms with Crippen LogP contribution in [0.2, 0.25) is 0 Å². The standard InChI is InChI=1S/C15H28N2O4/c1-5-20-13(18)9-12(16)11-7-6-8-17(10-11)14(19)21-15(2,3)4/h11-12H,5-10,16H2,1-4H3/t11-,12+/m0/s1. The number of hydrogen-bond acceptors (Lipinski definition) is 5. The molecule has 1 aliphatic rings. The zero-order valence-electron chi connectivity index (χ0n) is 13.6. The summed E-state index contributed by atoms with van der Waals surface area (Å²) in [4.78, 5) is 25.3. The van der Waals surface area contributed by atoms with E-state index < -0.39 is 5.60 Å². The van der Waals surface area contributed by atoms with Gasteiger partial charge in [-0.15, -0.1) is 0 Å². The average molecular weight is 300 g/mol. The van der Waals surface area contributed by atoms with Crippen molar-refractivity contribution < 1.29 is 19.1 Å². The molecule has 1 heterocycles. The number of piperidine rings is 1. The minimum atomic E-state index is -0.503. The first kappa shape index (κ1) is 17.8. The molecule has 6 nitrogen and oxygen atoms in total. The van der Waals surface area contributed by atoms with Gasteiger partial charge in [0.2, 0.25) is 0 Å². The summed E-state index contributed by atoms with van der Waals surface area (Å²) in [6.07, 6.45) is 1.68. The van der Waals surface area contributed by atoms with Crippen LogP contribution in [0.4, 0.5) is 4.79 Å². The van der Waals surface area contributed by atoms with E-state index >= 15 is 0 Å². The van der Waals surface area contributed by atoms with Crippen LogP contribution in [0.25, 0.3) is 0 Å². The van der Waals surface area contributed by atoms with Crippen molar-refractivity contribution in [2.75, 3.05) is 19.7 Å². The molecule has 0 aromatic rings. The molecule has 0 aromatic heterocycles. The Morgan fingerprint density at radius 1 is 1.38 bits per heavy atom. The Morgan fingerprint density at radius 3 is 2.62 bits per heavy atom. The van der Waals surface area contributed by atoms with E-state index in [1.54, 1.807) is 11.8 Å². The van der Waals surface area contributed by atoms with E-state index in [1.807, 2.05) is 20.8 Å². The molecule has 1 saturated heterocycles. The second-order valence-corrected chi connectivity index (χ2v) is 6.50. The molecule has 2 atom stereocenters. The molecule has 1 amide bonds. The lowest BCUT2D eigenvalue weighted by molar-refractivity contribution is -0.143. The van der Waals surface area contributed by atoms with Gasteiger partial charge in [-0.2, -0.15) is 0 Å². The Hall–Kier alpha value is -1.30. The molecule has 21 heavy (non-hydrogen) atoms. The van der Waals surface area contributed by atoms with Crippen molar-refractivity contribution in [3.63, 3.8) is 0 Å². The van der Waals surface area contributed by atoms with Crippen molar-refractivity contribution in [2.24, 2.45) is 11.7 Å². The number of likely N-dealkylation sites (tertiary alicyclic amines) is 1. The molecule has 0 bridgehead atoms. The number of hydrogen-bond donors (Lipinski definition) is 1. The number of amides is 1. The van der Waals surface area contributed by atoms with Gasteiger partial charge in [-0.3, -0.25) is 4.79 Å². The summed E-state index contributed by atoms with van der Waals surface area (Å²) >= 11 is 0. The molecular weight excluding hydrogens is 272 g/mol. The third-order valence-electron chi connectivity index (χ3n) is 3.42. The van der Waals surface area contributed by atoms with Gasteiger partial charge in [0.15, 0.2) is 0 Å². The van der Waals surface area contributed by atoms with Crippen molar-refractivity contribution in [1.82, 2.24) is 4.90 Å². The molecule has 122 valence electrons. The van der Waals surface area contributed by atoms with Gasteiger partial charge in [-0.25, -0.2) is 4.79 Å². The van der Waals surface area contributed by atoms with Crippen LogP contribution >= 0.6 is 0 Å². The topological polar surface area (TPSA) is 81.9 Å². The van der Waals surface area contributed by atoms with Gasteiger partial charge in [0, 0.05) is 19.1 Å². The predicted molar refractivity (Wildman–Crippen MR) is 79.8 cm³/mol. The van der Waals surface area contributed by atoms with E-state index in [4.69, 9.17) is 15.2 Å². The summed E-state index contributed by atoms with van der Waals surface area (Å²) in [5.41, 5.74) is 5.59. The summed E-state index contributed by atoms with van der Waals surface area (Å²) in [6, 6.07) is -0.283. The van der Waals surface area contributed by atoms with Crippen LogP contribution in [-0.4, -0.2) is 48.3 Å². The first-order chi connectivity index (χ1) is 9.73. The lowest BCUT2D eigenvalue weighted by Gasteiger charge is -2.36. The highest BCUT2D eigenvalue weighted by atomic mass is 16.6. The minimum absolute atomic E-state index is 0.107. The van der Waals surface area contributed by atoms with Gasteiger partial charge >= 0.3 is 12.1 Å². The smallest absolute Gasteiger partial charge is 0.410 e. The fourth-order valence-electron chi connectivity index (χ4n) is 2.43. The average Bonchev–Trinajstić information content (AvgIpc) is 2.37. The van der Waals surface area contributed by atoms with Crippen molar-refractivity contribution >= 4 is 12.1 Å². The Kier molecular flexibility index (Phi) is 6.45. The molecular formula is C15H28N2O4. The van der Waals surface area contributed by atoms with E-state index in [-0.39, 0.29) is 30.4 Å². The Labute approximate surface area is 126 Å². The second kappa shape index (κ2) is 7.64. The number of rotatable bonds is 4. The third-order valence-corrected chi connectivity index (χ3v) is 3.42. The maximum Gasteiger partial charge on any atom is 0.410 e. The highest BCUT2D eigenvalue weighted by molar-refractivity contribution is 5.70. The monoisotopic (exact) mass is 300 g/mol. The summed E-state index contributed by atoms with van der Waals surface area (Å²) in [6.45, 7) is 8.89. The summed E-state index contributed by atoms with van der Waals surface area (Å²) in [5.74, 6) is -0.171. The Morgan fingerprint density at radius 2 is 2.05 bits per heavy atom. The molecule has 1 fully saturated rings. The van der Waals surface area contributed by atoms with Crippen molar-refractivity contribution in [1.29, 1.82) is 0 Å². The van der Waals surface area contributed by atoms with Crippen LogP contribution in [0.15, 0.2) is 0 Å². The number of carbonyl (C=O) groups is 2. The van der Waals surface area contributed by atoms with E-state index in [1.165, 1.54) is 0 Å². The highest BCUT2D eigenvalue weighted by Gasteiger charge is 2.31. The molecule has 0 aromatic carbocycles. The number of nitrogens with zero attached hydrogens (tertiary/aromatic N) is 1. The lowest BCUT2D eigenvalue weighted by atomic mass is 9.89. The van der Waals surface area contributed by atoms with Crippen LogP contribution in [0.1, 0.15) is 47.0 Å². The molecule has 1 aliphatic heterocycles. The number of ether oxygens (including phenoxy) is 2. The molecule has 6 heteroatoms. The highest BCUT2D eigenvalue weighted by Crippen LogP contribution is 2.22. The van der Waals surface area contributed by atoms with E-state index in [9.17, 15) is 9.59 Å². The molecule has 0 saturated carbocycles.